The number of aliphatic hydroxyl groups is 1. The predicted octanol–water partition coefficient (Wildman–Crippen LogP) is 3.10. The Bertz CT molecular complexity index is 811. The summed E-state index contributed by atoms with van der Waals surface area (Å²) in [7, 11) is 0. The average molecular weight is 356 g/mol. The first kappa shape index (κ1) is 17.6. The second-order valence-corrected chi connectivity index (χ2v) is 8.08. The Labute approximate surface area is 154 Å². The van der Waals surface area contributed by atoms with Crippen molar-refractivity contribution < 1.29 is 15.0 Å². The average Bonchev–Trinajstić information content (AvgIpc) is 3.33. The van der Waals surface area contributed by atoms with E-state index < -0.39 is 17.5 Å². The van der Waals surface area contributed by atoms with Gasteiger partial charge in [-0.3, -0.25) is 9.69 Å². The number of benzene rings is 1. The Kier molecular flexibility index (Phi) is 4.53. The lowest BCUT2D eigenvalue weighted by Crippen LogP contribution is -2.56. The summed E-state index contributed by atoms with van der Waals surface area (Å²) in [4.78, 5) is 14.3. The highest BCUT2D eigenvalue weighted by Crippen LogP contribution is 2.45. The molecule has 140 valence electrons. The molecule has 1 aliphatic carbocycles. The van der Waals surface area contributed by atoms with Crippen molar-refractivity contribution in [3.8, 4) is 0 Å². The molecule has 0 amide bonds. The van der Waals surface area contributed by atoms with Gasteiger partial charge < -0.3 is 14.8 Å². The van der Waals surface area contributed by atoms with Crippen molar-refractivity contribution in [2.75, 3.05) is 13.1 Å². The zero-order valence-electron chi connectivity index (χ0n) is 15.4. The highest BCUT2D eigenvalue weighted by molar-refractivity contribution is 5.83. The fourth-order valence-corrected chi connectivity index (χ4v) is 4.58. The van der Waals surface area contributed by atoms with Crippen LogP contribution in [0.5, 0.6) is 0 Å². The summed E-state index contributed by atoms with van der Waals surface area (Å²) in [5.74, 6) is -0.361. The van der Waals surface area contributed by atoms with E-state index >= 15 is 0 Å². The van der Waals surface area contributed by atoms with E-state index in [2.05, 4.69) is 46.9 Å². The molecule has 0 bridgehead atoms. The van der Waals surface area contributed by atoms with Gasteiger partial charge in [-0.25, -0.2) is 0 Å². The SMILES string of the molecule is CCn1ccc2c(CN3CC[C@@H](O)[C@](CC4CC4)(C(=O)O)C3)cccc21. The van der Waals surface area contributed by atoms with E-state index in [0.717, 1.165) is 32.5 Å². The molecule has 1 aliphatic heterocycles. The summed E-state index contributed by atoms with van der Waals surface area (Å²) in [6, 6.07) is 8.51. The third kappa shape index (κ3) is 3.03. The normalized spacial score (nSPS) is 27.1. The van der Waals surface area contributed by atoms with Crippen LogP contribution in [0.25, 0.3) is 10.9 Å². The van der Waals surface area contributed by atoms with Gasteiger partial charge in [0.2, 0.25) is 0 Å². The minimum Gasteiger partial charge on any atom is -0.481 e. The maximum Gasteiger partial charge on any atom is 0.313 e. The molecule has 1 aromatic carbocycles. The number of likely N-dealkylation sites (tertiary alicyclic amines) is 1. The molecule has 2 fully saturated rings. The van der Waals surface area contributed by atoms with Crippen LogP contribution < -0.4 is 0 Å². The number of fused-ring (bicyclic) bond motifs is 1. The van der Waals surface area contributed by atoms with Crippen molar-refractivity contribution in [2.24, 2.45) is 11.3 Å². The first-order valence-corrected chi connectivity index (χ1v) is 9.74. The van der Waals surface area contributed by atoms with Gasteiger partial charge in [0.05, 0.1) is 6.10 Å². The Morgan fingerprint density at radius 3 is 2.77 bits per heavy atom. The Hall–Kier alpha value is -1.85. The highest BCUT2D eigenvalue weighted by Gasteiger charge is 2.51. The van der Waals surface area contributed by atoms with Gasteiger partial charge in [0.25, 0.3) is 0 Å². The van der Waals surface area contributed by atoms with Gasteiger partial charge in [-0.1, -0.05) is 25.0 Å². The van der Waals surface area contributed by atoms with Gasteiger partial charge in [0.1, 0.15) is 5.41 Å². The molecular weight excluding hydrogens is 328 g/mol. The second-order valence-electron chi connectivity index (χ2n) is 8.08. The molecule has 1 saturated heterocycles. The van der Waals surface area contributed by atoms with Crippen LogP contribution in [0, 0.1) is 11.3 Å². The van der Waals surface area contributed by atoms with Crippen LogP contribution in [-0.2, 0) is 17.9 Å². The molecule has 26 heavy (non-hydrogen) atoms. The van der Waals surface area contributed by atoms with E-state index in [1.807, 2.05) is 0 Å². The lowest BCUT2D eigenvalue weighted by Gasteiger charge is -2.43. The van der Waals surface area contributed by atoms with Gasteiger partial charge in [-0.15, -0.1) is 0 Å². The second kappa shape index (κ2) is 6.71. The Morgan fingerprint density at radius 1 is 1.27 bits per heavy atom. The van der Waals surface area contributed by atoms with Crippen LogP contribution in [0.3, 0.4) is 0 Å². The number of aryl methyl sites for hydroxylation is 1. The number of rotatable bonds is 6. The first-order chi connectivity index (χ1) is 12.5. The molecule has 0 radical (unpaired) electrons. The first-order valence-electron chi connectivity index (χ1n) is 9.74. The van der Waals surface area contributed by atoms with Gasteiger partial charge in [-0.2, -0.15) is 0 Å². The fourth-order valence-electron chi connectivity index (χ4n) is 4.58. The molecule has 2 atom stereocenters. The monoisotopic (exact) mass is 356 g/mol. The molecule has 4 rings (SSSR count). The number of piperidine rings is 1. The van der Waals surface area contributed by atoms with Crippen molar-refractivity contribution in [3.63, 3.8) is 0 Å². The lowest BCUT2D eigenvalue weighted by molar-refractivity contribution is -0.165. The van der Waals surface area contributed by atoms with Gasteiger partial charge in [0, 0.05) is 43.3 Å². The molecule has 2 heterocycles. The fraction of sp³-hybridized carbons (Fsp3) is 0.571. The summed E-state index contributed by atoms with van der Waals surface area (Å²) in [6.07, 6.45) is 4.72. The van der Waals surface area contributed by atoms with E-state index in [-0.39, 0.29) is 0 Å². The number of hydrogen-bond donors (Lipinski definition) is 2. The molecule has 5 nitrogen and oxygen atoms in total. The van der Waals surface area contributed by atoms with Crippen molar-refractivity contribution in [1.29, 1.82) is 0 Å². The minimum atomic E-state index is -1.01. The number of aliphatic hydroxyl groups excluding tert-OH is 1. The van der Waals surface area contributed by atoms with Gasteiger partial charge in [-0.05, 0) is 43.4 Å². The van der Waals surface area contributed by atoms with Crippen molar-refractivity contribution in [1.82, 2.24) is 9.47 Å². The summed E-state index contributed by atoms with van der Waals surface area (Å²) in [6.45, 7) is 4.98. The van der Waals surface area contributed by atoms with Crippen LogP contribution in [0.4, 0.5) is 0 Å². The van der Waals surface area contributed by atoms with Crippen molar-refractivity contribution >= 4 is 16.9 Å². The summed E-state index contributed by atoms with van der Waals surface area (Å²) in [5, 5.41) is 21.7. The standard InChI is InChI=1S/C21H28N2O3/c1-2-23-11-8-17-16(4-3-5-18(17)23)13-22-10-9-19(24)21(14-22,20(25)26)12-15-6-7-15/h3-5,8,11,15,19,24H,2,6-7,9-10,12-14H2,1H3,(H,25,26)/t19-,21-/m1/s1. The zero-order chi connectivity index (χ0) is 18.3. The van der Waals surface area contributed by atoms with Crippen LogP contribution in [-0.4, -0.2) is 44.8 Å². The summed E-state index contributed by atoms with van der Waals surface area (Å²) < 4.78 is 2.23. The molecular formula is C21H28N2O3. The molecule has 2 N–H and O–H groups in total. The number of carboxylic acids is 1. The molecule has 2 aliphatic rings. The van der Waals surface area contributed by atoms with E-state index in [4.69, 9.17) is 0 Å². The molecule has 0 unspecified atom stereocenters. The summed E-state index contributed by atoms with van der Waals surface area (Å²) >= 11 is 0. The van der Waals surface area contributed by atoms with Crippen molar-refractivity contribution in [3.05, 3.63) is 36.0 Å². The van der Waals surface area contributed by atoms with E-state index in [9.17, 15) is 15.0 Å². The predicted molar refractivity (Wildman–Crippen MR) is 101 cm³/mol. The maximum atomic E-state index is 12.1. The van der Waals surface area contributed by atoms with Crippen LogP contribution in [0.2, 0.25) is 0 Å². The Morgan fingerprint density at radius 2 is 2.08 bits per heavy atom. The third-order valence-corrected chi connectivity index (χ3v) is 6.28. The number of aromatic nitrogens is 1. The van der Waals surface area contributed by atoms with E-state index in [1.54, 1.807) is 0 Å². The van der Waals surface area contributed by atoms with Crippen LogP contribution in [0.15, 0.2) is 30.5 Å². The quantitative estimate of drug-likeness (QED) is 0.835. The maximum absolute atomic E-state index is 12.1. The van der Waals surface area contributed by atoms with Crippen LogP contribution in [0.1, 0.15) is 38.2 Å². The number of hydrogen-bond acceptors (Lipinski definition) is 3. The summed E-state index contributed by atoms with van der Waals surface area (Å²) in [5.41, 5.74) is 1.45. The topological polar surface area (TPSA) is 65.7 Å². The van der Waals surface area contributed by atoms with E-state index in [0.29, 0.717) is 25.3 Å². The molecule has 2 aromatic rings. The highest BCUT2D eigenvalue weighted by atomic mass is 16.4. The number of nitrogens with zero attached hydrogens (tertiary/aromatic N) is 2. The van der Waals surface area contributed by atoms with Gasteiger partial charge in [0.15, 0.2) is 0 Å². The third-order valence-electron chi connectivity index (χ3n) is 6.28. The lowest BCUT2D eigenvalue weighted by atomic mass is 9.73. The number of aliphatic carboxylic acids is 1. The number of carboxylic acid groups (broad SMARTS) is 1. The molecule has 5 heteroatoms. The zero-order valence-corrected chi connectivity index (χ0v) is 15.4. The molecule has 0 spiro atoms. The smallest absolute Gasteiger partial charge is 0.313 e. The van der Waals surface area contributed by atoms with E-state index in [1.165, 1.54) is 16.5 Å². The van der Waals surface area contributed by atoms with Crippen molar-refractivity contribution in [2.45, 2.75) is 51.8 Å². The molecule has 1 saturated carbocycles. The largest absolute Gasteiger partial charge is 0.481 e. The number of carbonyl (C=O) groups is 1. The molecule has 1 aromatic heterocycles. The van der Waals surface area contributed by atoms with Crippen LogP contribution >= 0.6 is 0 Å². The minimum absolute atomic E-state index is 0.435. The Balaban J connectivity index is 1.58. The van der Waals surface area contributed by atoms with Gasteiger partial charge >= 0.3 is 5.97 Å².